The van der Waals surface area contributed by atoms with Crippen LogP contribution in [0.3, 0.4) is 0 Å². The van der Waals surface area contributed by atoms with Crippen molar-refractivity contribution in [1.82, 2.24) is 15.0 Å². The zero-order valence-corrected chi connectivity index (χ0v) is 16.5. The first kappa shape index (κ1) is 16.7. The molecule has 6 rings (SSSR count). The van der Waals surface area contributed by atoms with Gasteiger partial charge in [0.25, 0.3) is 0 Å². The van der Waals surface area contributed by atoms with Crippen LogP contribution in [0.1, 0.15) is 0 Å². The van der Waals surface area contributed by atoms with Crippen molar-refractivity contribution in [1.29, 1.82) is 0 Å². The van der Waals surface area contributed by atoms with Crippen LogP contribution in [0.4, 0.5) is 11.6 Å². The van der Waals surface area contributed by atoms with Gasteiger partial charge in [0.1, 0.15) is 0 Å². The van der Waals surface area contributed by atoms with Crippen molar-refractivity contribution in [2.24, 2.45) is 0 Å². The third-order valence-electron chi connectivity index (χ3n) is 5.35. The molecule has 0 bridgehead atoms. The fourth-order valence-corrected chi connectivity index (χ4v) is 4.62. The molecule has 29 heavy (non-hydrogen) atoms. The molecule has 0 spiro atoms. The van der Waals surface area contributed by atoms with Gasteiger partial charge in [-0.15, -0.1) is 0 Å². The highest BCUT2D eigenvalue weighted by Crippen LogP contribution is 2.42. The van der Waals surface area contributed by atoms with Crippen molar-refractivity contribution in [3.8, 4) is 0 Å². The fourth-order valence-electron chi connectivity index (χ4n) is 4.26. The first-order chi connectivity index (χ1) is 14.2. The Hall–Kier alpha value is -3.21. The fraction of sp³-hybridized carbons (Fsp3) is 0. The molecule has 0 aliphatic carbocycles. The number of nitrogens with zero attached hydrogens (tertiary/aromatic N) is 3. The number of benzene rings is 5. The maximum Gasteiger partial charge on any atom is 0.232 e. The first-order valence-electron chi connectivity index (χ1n) is 9.11. The number of aromatic nitrogens is 3. The number of hydrogen-bond acceptors (Lipinski definition) is 4. The van der Waals surface area contributed by atoms with Crippen LogP contribution in [0.2, 0.25) is 10.6 Å². The van der Waals surface area contributed by atoms with Gasteiger partial charge in [0.2, 0.25) is 16.5 Å². The van der Waals surface area contributed by atoms with Crippen LogP contribution in [0, 0.1) is 0 Å². The molecule has 5 aromatic carbocycles. The molecule has 1 aromatic heterocycles. The Labute approximate surface area is 175 Å². The summed E-state index contributed by atoms with van der Waals surface area (Å²) in [6, 6.07) is 23.5. The molecule has 0 aliphatic rings. The predicted molar refractivity (Wildman–Crippen MR) is 121 cm³/mol. The molecule has 0 aliphatic heterocycles. The summed E-state index contributed by atoms with van der Waals surface area (Å²) in [6.45, 7) is 0. The average Bonchev–Trinajstić information content (AvgIpc) is 2.72. The van der Waals surface area contributed by atoms with E-state index < -0.39 is 0 Å². The van der Waals surface area contributed by atoms with Crippen molar-refractivity contribution >= 4 is 77.9 Å². The van der Waals surface area contributed by atoms with Gasteiger partial charge in [-0.2, -0.15) is 15.0 Å². The second-order valence-electron chi connectivity index (χ2n) is 6.92. The van der Waals surface area contributed by atoms with Crippen LogP contribution in [-0.4, -0.2) is 15.0 Å². The maximum atomic E-state index is 5.93. The highest BCUT2D eigenvalue weighted by molar-refractivity contribution is 6.34. The number of rotatable bonds is 2. The third kappa shape index (κ3) is 2.50. The lowest BCUT2D eigenvalue weighted by molar-refractivity contribution is 1.05. The standard InChI is InChI=1S/C23H12Cl2N4/c24-21-27-22(25)29-23(28-21)26-18-11-10-16-14-7-2-5-12-4-1-6-13(19(12)14)15-8-3-9-17(18)20(15)16/h1-11H,(H,26,27,28,29). The van der Waals surface area contributed by atoms with Gasteiger partial charge in [-0.05, 0) is 67.0 Å². The molecule has 6 aromatic rings. The Kier molecular flexibility index (Phi) is 3.54. The summed E-state index contributed by atoms with van der Waals surface area (Å²) in [6.07, 6.45) is 0. The largest absolute Gasteiger partial charge is 0.323 e. The second kappa shape index (κ2) is 6.14. The van der Waals surface area contributed by atoms with E-state index in [4.69, 9.17) is 23.2 Å². The summed E-state index contributed by atoms with van der Waals surface area (Å²) >= 11 is 11.9. The van der Waals surface area contributed by atoms with Crippen molar-refractivity contribution in [3.05, 3.63) is 77.3 Å². The average molecular weight is 415 g/mol. The molecular formula is C23H12Cl2N4. The van der Waals surface area contributed by atoms with E-state index >= 15 is 0 Å². The lowest BCUT2D eigenvalue weighted by Gasteiger charge is -2.16. The van der Waals surface area contributed by atoms with E-state index in [1.807, 2.05) is 6.07 Å². The van der Waals surface area contributed by atoms with E-state index in [1.54, 1.807) is 0 Å². The van der Waals surface area contributed by atoms with Gasteiger partial charge in [-0.3, -0.25) is 0 Å². The van der Waals surface area contributed by atoms with Crippen LogP contribution in [0.15, 0.2) is 66.7 Å². The summed E-state index contributed by atoms with van der Waals surface area (Å²) in [5.41, 5.74) is 0.885. The molecule has 1 N–H and O–H groups in total. The smallest absolute Gasteiger partial charge is 0.232 e. The van der Waals surface area contributed by atoms with Crippen LogP contribution < -0.4 is 5.32 Å². The Bertz CT molecular complexity index is 1490. The minimum atomic E-state index is 0.0517. The van der Waals surface area contributed by atoms with Gasteiger partial charge in [-0.1, -0.05) is 60.7 Å². The number of halogens is 2. The predicted octanol–water partition coefficient (Wildman–Crippen LogP) is 6.97. The van der Waals surface area contributed by atoms with E-state index in [2.05, 4.69) is 80.9 Å². The maximum absolute atomic E-state index is 5.93. The summed E-state index contributed by atoms with van der Waals surface area (Å²) in [5, 5.41) is 13.1. The van der Waals surface area contributed by atoms with Gasteiger partial charge in [0.05, 0.1) is 0 Å². The molecule has 0 fully saturated rings. The van der Waals surface area contributed by atoms with E-state index in [0.717, 1.165) is 11.1 Å². The zero-order valence-electron chi connectivity index (χ0n) is 14.9. The first-order valence-corrected chi connectivity index (χ1v) is 9.87. The quantitative estimate of drug-likeness (QED) is 0.245. The zero-order chi connectivity index (χ0) is 19.5. The lowest BCUT2D eigenvalue weighted by Crippen LogP contribution is -2.00. The molecule has 0 saturated heterocycles. The van der Waals surface area contributed by atoms with Crippen molar-refractivity contribution in [3.63, 3.8) is 0 Å². The SMILES string of the molecule is Clc1nc(Cl)nc(Nc2ccc3c4cccc5cccc(c6cccc2c63)c54)n1. The van der Waals surface area contributed by atoms with Crippen LogP contribution in [0.25, 0.3) is 43.1 Å². The Morgan fingerprint density at radius 3 is 1.79 bits per heavy atom. The van der Waals surface area contributed by atoms with Crippen LogP contribution >= 0.6 is 23.2 Å². The number of anilines is 2. The van der Waals surface area contributed by atoms with Crippen molar-refractivity contribution in [2.45, 2.75) is 0 Å². The van der Waals surface area contributed by atoms with Gasteiger partial charge in [0.15, 0.2) is 0 Å². The number of fused-ring (bicyclic) bond motifs is 2. The Morgan fingerprint density at radius 2 is 1.10 bits per heavy atom. The van der Waals surface area contributed by atoms with Crippen LogP contribution in [0.5, 0.6) is 0 Å². The number of hydrogen-bond donors (Lipinski definition) is 1. The summed E-state index contributed by atoms with van der Waals surface area (Å²) in [4.78, 5) is 12.1. The minimum Gasteiger partial charge on any atom is -0.323 e. The minimum absolute atomic E-state index is 0.0517. The summed E-state index contributed by atoms with van der Waals surface area (Å²) < 4.78 is 0. The highest BCUT2D eigenvalue weighted by atomic mass is 35.5. The normalized spacial score (nSPS) is 11.8. The van der Waals surface area contributed by atoms with E-state index in [0.29, 0.717) is 5.95 Å². The molecule has 6 heteroatoms. The molecule has 0 radical (unpaired) electrons. The molecular weight excluding hydrogens is 403 g/mol. The van der Waals surface area contributed by atoms with E-state index in [9.17, 15) is 0 Å². The molecule has 1 heterocycles. The Balaban J connectivity index is 1.70. The van der Waals surface area contributed by atoms with E-state index in [-0.39, 0.29) is 10.6 Å². The third-order valence-corrected chi connectivity index (χ3v) is 5.69. The number of nitrogens with one attached hydrogen (secondary N) is 1. The molecule has 0 unspecified atom stereocenters. The van der Waals surface area contributed by atoms with Gasteiger partial charge >= 0.3 is 0 Å². The second-order valence-corrected chi connectivity index (χ2v) is 7.60. The molecule has 4 nitrogen and oxygen atoms in total. The summed E-state index contributed by atoms with van der Waals surface area (Å²) in [7, 11) is 0. The molecule has 138 valence electrons. The van der Waals surface area contributed by atoms with Gasteiger partial charge < -0.3 is 5.32 Å². The van der Waals surface area contributed by atoms with Crippen molar-refractivity contribution < 1.29 is 0 Å². The topological polar surface area (TPSA) is 50.7 Å². The monoisotopic (exact) mass is 414 g/mol. The van der Waals surface area contributed by atoms with E-state index in [1.165, 1.54) is 37.7 Å². The van der Waals surface area contributed by atoms with Crippen molar-refractivity contribution in [2.75, 3.05) is 5.32 Å². The molecule has 0 amide bonds. The van der Waals surface area contributed by atoms with Gasteiger partial charge in [-0.25, -0.2) is 0 Å². The Morgan fingerprint density at radius 1 is 0.552 bits per heavy atom. The molecule has 0 atom stereocenters. The highest BCUT2D eigenvalue weighted by Gasteiger charge is 2.15. The summed E-state index contributed by atoms with van der Waals surface area (Å²) in [5.74, 6) is 0.314. The van der Waals surface area contributed by atoms with Crippen LogP contribution in [-0.2, 0) is 0 Å². The molecule has 0 saturated carbocycles. The van der Waals surface area contributed by atoms with Gasteiger partial charge in [0, 0.05) is 11.1 Å². The lowest BCUT2D eigenvalue weighted by atomic mass is 9.89.